The molecule has 2 atom stereocenters. The Bertz CT molecular complexity index is 546. The van der Waals surface area contributed by atoms with E-state index in [1.165, 1.54) is 36.0 Å². The first-order valence-corrected chi connectivity index (χ1v) is 8.82. The van der Waals surface area contributed by atoms with Gasteiger partial charge in [0.15, 0.2) is 0 Å². The van der Waals surface area contributed by atoms with Crippen molar-refractivity contribution in [3.05, 3.63) is 27.8 Å². The van der Waals surface area contributed by atoms with E-state index in [9.17, 15) is 0 Å². The maximum atomic E-state index is 6.55. The van der Waals surface area contributed by atoms with Gasteiger partial charge in [-0.3, -0.25) is 4.90 Å². The second-order valence-electron chi connectivity index (χ2n) is 6.80. The molecule has 1 fully saturated rings. The average molecular weight is 323 g/mol. The minimum atomic E-state index is 0.383. The zero-order valence-corrected chi connectivity index (χ0v) is 14.5. The van der Waals surface area contributed by atoms with Crippen LogP contribution in [0.4, 0.5) is 0 Å². The van der Waals surface area contributed by atoms with Crippen LogP contribution >= 0.6 is 11.6 Å². The lowest BCUT2D eigenvalue weighted by atomic mass is 9.89. The van der Waals surface area contributed by atoms with Crippen molar-refractivity contribution < 1.29 is 4.74 Å². The molecule has 0 aromatic heterocycles. The van der Waals surface area contributed by atoms with Gasteiger partial charge < -0.3 is 10.5 Å². The van der Waals surface area contributed by atoms with E-state index in [1.807, 2.05) is 0 Å². The molecule has 3 nitrogen and oxygen atoms in total. The third-order valence-electron chi connectivity index (χ3n) is 5.35. The average Bonchev–Trinajstić information content (AvgIpc) is 2.72. The van der Waals surface area contributed by atoms with Crippen LogP contribution in [-0.4, -0.2) is 32.1 Å². The van der Waals surface area contributed by atoms with Crippen molar-refractivity contribution in [2.24, 2.45) is 11.7 Å². The molecular formula is C18H27ClN2O. The van der Waals surface area contributed by atoms with Crippen LogP contribution in [0.15, 0.2) is 6.07 Å². The highest BCUT2D eigenvalue weighted by atomic mass is 35.5. The summed E-state index contributed by atoms with van der Waals surface area (Å²) in [4.78, 5) is 2.43. The monoisotopic (exact) mass is 322 g/mol. The summed E-state index contributed by atoms with van der Waals surface area (Å²) >= 11 is 6.55. The molecule has 0 spiro atoms. The van der Waals surface area contributed by atoms with Gasteiger partial charge in [-0.25, -0.2) is 0 Å². The summed E-state index contributed by atoms with van der Waals surface area (Å²) < 4.78 is 5.72. The molecule has 0 saturated carbocycles. The number of methoxy groups -OCH3 is 1. The van der Waals surface area contributed by atoms with Crippen LogP contribution in [0.1, 0.15) is 48.4 Å². The maximum absolute atomic E-state index is 6.55. The lowest BCUT2D eigenvalue weighted by molar-refractivity contribution is 0.301. The number of hydrogen-bond donors (Lipinski definition) is 1. The highest BCUT2D eigenvalue weighted by Crippen LogP contribution is 2.45. The van der Waals surface area contributed by atoms with Crippen molar-refractivity contribution in [3.8, 4) is 5.75 Å². The number of nitrogens with zero attached hydrogens (tertiary/aromatic N) is 1. The van der Waals surface area contributed by atoms with E-state index in [4.69, 9.17) is 22.1 Å². The molecule has 1 aromatic rings. The van der Waals surface area contributed by atoms with E-state index >= 15 is 0 Å². The molecule has 2 unspecified atom stereocenters. The first kappa shape index (κ1) is 16.1. The number of hydrogen-bond acceptors (Lipinski definition) is 3. The second kappa shape index (κ2) is 6.77. The number of ether oxygens (including phenoxy) is 1. The van der Waals surface area contributed by atoms with Crippen molar-refractivity contribution in [2.45, 2.75) is 44.6 Å². The molecular weight excluding hydrogens is 296 g/mol. The van der Waals surface area contributed by atoms with Gasteiger partial charge in [-0.1, -0.05) is 18.0 Å². The standard InChI is InChI=1S/C18H27ClN2O/c1-21-11-12(10-20)8-16(21)17-14-7-5-3-4-6-13(14)9-15(19)18(17)22-2/h9,12,16H,3-8,10-11,20H2,1-2H3. The van der Waals surface area contributed by atoms with Crippen molar-refractivity contribution in [3.63, 3.8) is 0 Å². The molecule has 3 rings (SSSR count). The molecule has 0 radical (unpaired) electrons. The van der Waals surface area contributed by atoms with E-state index < -0.39 is 0 Å². The molecule has 2 aliphatic rings. The summed E-state index contributed by atoms with van der Waals surface area (Å²) in [5.74, 6) is 1.46. The van der Waals surface area contributed by atoms with Crippen LogP contribution in [0, 0.1) is 5.92 Å². The smallest absolute Gasteiger partial charge is 0.142 e. The summed E-state index contributed by atoms with van der Waals surface area (Å²) in [6, 6.07) is 2.52. The number of likely N-dealkylation sites (tertiary alicyclic amines) is 1. The predicted molar refractivity (Wildman–Crippen MR) is 91.8 cm³/mol. The Balaban J connectivity index is 2.10. The minimum absolute atomic E-state index is 0.383. The highest BCUT2D eigenvalue weighted by molar-refractivity contribution is 6.32. The van der Waals surface area contributed by atoms with E-state index in [2.05, 4.69) is 18.0 Å². The highest BCUT2D eigenvalue weighted by Gasteiger charge is 2.34. The molecule has 4 heteroatoms. The van der Waals surface area contributed by atoms with E-state index in [1.54, 1.807) is 7.11 Å². The summed E-state index contributed by atoms with van der Waals surface area (Å²) in [5, 5.41) is 0.766. The fourth-order valence-corrected chi connectivity index (χ4v) is 4.54. The number of halogens is 1. The van der Waals surface area contributed by atoms with Crippen LogP contribution in [0.5, 0.6) is 5.75 Å². The van der Waals surface area contributed by atoms with Gasteiger partial charge in [0.1, 0.15) is 5.75 Å². The molecule has 0 bridgehead atoms. The Morgan fingerprint density at radius 3 is 2.77 bits per heavy atom. The molecule has 0 amide bonds. The van der Waals surface area contributed by atoms with Gasteiger partial charge in [-0.2, -0.15) is 0 Å². The quantitative estimate of drug-likeness (QED) is 0.865. The van der Waals surface area contributed by atoms with Gasteiger partial charge in [0.25, 0.3) is 0 Å². The van der Waals surface area contributed by atoms with Gasteiger partial charge in [0.2, 0.25) is 0 Å². The SMILES string of the molecule is COc1c(Cl)cc2c(c1C1CC(CN)CN1C)CCCCC2. The number of fused-ring (bicyclic) bond motifs is 1. The van der Waals surface area contributed by atoms with E-state index in [-0.39, 0.29) is 0 Å². The number of benzene rings is 1. The first-order valence-electron chi connectivity index (χ1n) is 8.44. The molecule has 1 saturated heterocycles. The van der Waals surface area contributed by atoms with Crippen LogP contribution in [-0.2, 0) is 12.8 Å². The van der Waals surface area contributed by atoms with Gasteiger partial charge in [0.05, 0.1) is 12.1 Å². The van der Waals surface area contributed by atoms with Gasteiger partial charge >= 0.3 is 0 Å². The molecule has 122 valence electrons. The largest absolute Gasteiger partial charge is 0.495 e. The van der Waals surface area contributed by atoms with Crippen LogP contribution in [0.2, 0.25) is 5.02 Å². The zero-order chi connectivity index (χ0) is 15.7. The molecule has 2 N–H and O–H groups in total. The number of nitrogens with two attached hydrogens (primary N) is 1. The van der Waals surface area contributed by atoms with Crippen LogP contribution in [0.25, 0.3) is 0 Å². The topological polar surface area (TPSA) is 38.5 Å². The van der Waals surface area contributed by atoms with Crippen molar-refractivity contribution in [1.29, 1.82) is 0 Å². The Morgan fingerprint density at radius 1 is 1.32 bits per heavy atom. The second-order valence-corrected chi connectivity index (χ2v) is 7.20. The Hall–Kier alpha value is -0.770. The summed E-state index contributed by atoms with van der Waals surface area (Å²) in [7, 11) is 3.94. The normalized spacial score (nSPS) is 25.8. The third kappa shape index (κ3) is 2.86. The fourth-order valence-electron chi connectivity index (χ4n) is 4.23. The lowest BCUT2D eigenvalue weighted by Crippen LogP contribution is -2.22. The number of aryl methyl sites for hydroxylation is 1. The van der Waals surface area contributed by atoms with Crippen LogP contribution < -0.4 is 10.5 Å². The van der Waals surface area contributed by atoms with E-state index in [0.29, 0.717) is 12.0 Å². The summed E-state index contributed by atoms with van der Waals surface area (Å²) in [5.41, 5.74) is 10.2. The minimum Gasteiger partial charge on any atom is -0.495 e. The Labute approximate surface area is 138 Å². The summed E-state index contributed by atoms with van der Waals surface area (Å²) in [6.45, 7) is 1.82. The zero-order valence-electron chi connectivity index (χ0n) is 13.7. The third-order valence-corrected chi connectivity index (χ3v) is 5.63. The van der Waals surface area contributed by atoms with E-state index in [0.717, 1.165) is 43.1 Å². The van der Waals surface area contributed by atoms with Gasteiger partial charge in [-0.05, 0) is 68.8 Å². The molecule has 1 aromatic carbocycles. The van der Waals surface area contributed by atoms with Crippen molar-refractivity contribution in [2.75, 3.05) is 27.2 Å². The van der Waals surface area contributed by atoms with Crippen molar-refractivity contribution in [1.82, 2.24) is 4.90 Å². The number of rotatable bonds is 3. The van der Waals surface area contributed by atoms with Gasteiger partial charge in [0, 0.05) is 18.2 Å². The van der Waals surface area contributed by atoms with Crippen molar-refractivity contribution >= 4 is 11.6 Å². The lowest BCUT2D eigenvalue weighted by Gasteiger charge is -2.27. The Morgan fingerprint density at radius 2 is 2.09 bits per heavy atom. The maximum Gasteiger partial charge on any atom is 0.142 e. The summed E-state index contributed by atoms with van der Waals surface area (Å²) in [6.07, 6.45) is 7.23. The molecule has 1 heterocycles. The molecule has 1 aliphatic carbocycles. The molecule has 22 heavy (non-hydrogen) atoms. The fraction of sp³-hybridized carbons (Fsp3) is 0.667. The first-order chi connectivity index (χ1) is 10.7. The van der Waals surface area contributed by atoms with Crippen LogP contribution in [0.3, 0.4) is 0 Å². The Kier molecular flexibility index (Phi) is 4.96. The van der Waals surface area contributed by atoms with Gasteiger partial charge in [-0.15, -0.1) is 0 Å². The predicted octanol–water partition coefficient (Wildman–Crippen LogP) is 3.57. The molecule has 1 aliphatic heterocycles.